The van der Waals surface area contributed by atoms with Gasteiger partial charge in [-0.1, -0.05) is 42.5 Å². The van der Waals surface area contributed by atoms with Crippen molar-refractivity contribution in [2.24, 2.45) is 0 Å². The maximum Gasteiger partial charge on any atom is 0.344 e. The van der Waals surface area contributed by atoms with Crippen molar-refractivity contribution >= 4 is 12.0 Å². The van der Waals surface area contributed by atoms with Crippen molar-refractivity contribution in [3.8, 4) is 0 Å². The van der Waals surface area contributed by atoms with Crippen molar-refractivity contribution in [3.63, 3.8) is 0 Å². The van der Waals surface area contributed by atoms with E-state index in [0.717, 1.165) is 11.3 Å². The third-order valence-electron chi connectivity index (χ3n) is 2.88. The summed E-state index contributed by atoms with van der Waals surface area (Å²) in [7, 11) is 1.48. The van der Waals surface area contributed by atoms with E-state index in [1.54, 1.807) is 18.3 Å². The number of nitrogens with zero attached hydrogens (tertiary/aromatic N) is 1. The van der Waals surface area contributed by atoms with Gasteiger partial charge in [0, 0.05) is 13.3 Å². The van der Waals surface area contributed by atoms with E-state index in [0.29, 0.717) is 0 Å². The van der Waals surface area contributed by atoms with Crippen molar-refractivity contribution in [1.29, 1.82) is 0 Å². The molecule has 0 aliphatic carbocycles. The summed E-state index contributed by atoms with van der Waals surface area (Å²) in [5.74, 6) is -0.462. The number of pyridine rings is 1. The number of benzene rings is 1. The Morgan fingerprint density at radius 2 is 1.86 bits per heavy atom. The Kier molecular flexibility index (Phi) is 6.08. The molecule has 1 aromatic heterocycles. The first-order valence-electron chi connectivity index (χ1n) is 6.84. The number of hydrogen-bond acceptors (Lipinski definition) is 4. The predicted octanol–water partition coefficient (Wildman–Crippen LogP) is 3.54. The lowest BCUT2D eigenvalue weighted by Gasteiger charge is -2.12. The first-order valence-corrected chi connectivity index (χ1v) is 6.84. The van der Waals surface area contributed by atoms with Gasteiger partial charge in [0.1, 0.15) is 0 Å². The van der Waals surface area contributed by atoms with E-state index in [4.69, 9.17) is 9.47 Å². The van der Waals surface area contributed by atoms with Crippen LogP contribution in [0.3, 0.4) is 0 Å². The quantitative estimate of drug-likeness (QED) is 0.464. The molecule has 0 spiro atoms. The SMILES string of the molecule is COC(C(=O)O/C=C/C=C/c1ccccn1)c1ccccc1. The van der Waals surface area contributed by atoms with Crippen LogP contribution in [-0.2, 0) is 14.3 Å². The third-order valence-corrected chi connectivity index (χ3v) is 2.88. The lowest BCUT2D eigenvalue weighted by molar-refractivity contribution is -0.149. The van der Waals surface area contributed by atoms with Crippen LogP contribution in [0.1, 0.15) is 17.4 Å². The highest BCUT2D eigenvalue weighted by Crippen LogP contribution is 2.17. The van der Waals surface area contributed by atoms with Crippen LogP contribution in [0.25, 0.3) is 6.08 Å². The van der Waals surface area contributed by atoms with Crippen molar-refractivity contribution in [2.75, 3.05) is 7.11 Å². The molecular formula is C18H17NO3. The van der Waals surface area contributed by atoms with Gasteiger partial charge in [-0.25, -0.2) is 4.79 Å². The molecule has 4 nitrogen and oxygen atoms in total. The van der Waals surface area contributed by atoms with Crippen LogP contribution >= 0.6 is 0 Å². The van der Waals surface area contributed by atoms with Gasteiger partial charge in [0.25, 0.3) is 0 Å². The fraction of sp³-hybridized carbons (Fsp3) is 0.111. The van der Waals surface area contributed by atoms with Crippen LogP contribution in [0.15, 0.2) is 73.1 Å². The van der Waals surface area contributed by atoms with Gasteiger partial charge in [-0.2, -0.15) is 0 Å². The molecule has 0 aliphatic heterocycles. The molecule has 1 aromatic carbocycles. The normalized spacial score (nSPS) is 12.6. The summed E-state index contributed by atoms with van der Waals surface area (Å²) >= 11 is 0. The highest BCUT2D eigenvalue weighted by Gasteiger charge is 2.20. The van der Waals surface area contributed by atoms with Crippen LogP contribution in [0.5, 0.6) is 0 Å². The highest BCUT2D eigenvalue weighted by atomic mass is 16.6. The van der Waals surface area contributed by atoms with Gasteiger partial charge in [-0.3, -0.25) is 4.98 Å². The monoisotopic (exact) mass is 295 g/mol. The molecule has 0 amide bonds. The smallest absolute Gasteiger partial charge is 0.344 e. The Bertz CT molecular complexity index is 636. The molecule has 2 aromatic rings. The molecule has 0 bridgehead atoms. The van der Waals surface area contributed by atoms with E-state index in [1.165, 1.54) is 13.4 Å². The lowest BCUT2D eigenvalue weighted by Crippen LogP contribution is -2.15. The second kappa shape index (κ2) is 8.54. The van der Waals surface area contributed by atoms with E-state index in [9.17, 15) is 4.79 Å². The number of carbonyl (C=O) groups is 1. The number of hydrogen-bond donors (Lipinski definition) is 0. The van der Waals surface area contributed by atoms with E-state index in [2.05, 4.69) is 4.98 Å². The van der Waals surface area contributed by atoms with Crippen LogP contribution in [0.4, 0.5) is 0 Å². The van der Waals surface area contributed by atoms with Crippen molar-refractivity contribution < 1.29 is 14.3 Å². The molecule has 0 saturated heterocycles. The molecule has 4 heteroatoms. The van der Waals surface area contributed by atoms with Gasteiger partial charge in [-0.15, -0.1) is 0 Å². The van der Waals surface area contributed by atoms with E-state index >= 15 is 0 Å². The molecule has 2 rings (SSSR count). The summed E-state index contributed by atoms with van der Waals surface area (Å²) in [6.07, 6.45) is 7.51. The van der Waals surface area contributed by atoms with Gasteiger partial charge < -0.3 is 9.47 Å². The molecule has 1 atom stereocenters. The average molecular weight is 295 g/mol. The fourth-order valence-electron chi connectivity index (χ4n) is 1.84. The molecule has 0 N–H and O–H groups in total. The Labute approximate surface area is 129 Å². The number of methoxy groups -OCH3 is 1. The first-order chi connectivity index (χ1) is 10.8. The Balaban J connectivity index is 1.89. The molecule has 112 valence electrons. The maximum absolute atomic E-state index is 12.0. The molecule has 22 heavy (non-hydrogen) atoms. The lowest BCUT2D eigenvalue weighted by atomic mass is 10.1. The van der Waals surface area contributed by atoms with E-state index < -0.39 is 12.1 Å². The number of rotatable bonds is 6. The number of aromatic nitrogens is 1. The van der Waals surface area contributed by atoms with Crippen LogP contribution in [0.2, 0.25) is 0 Å². The molecule has 0 saturated carbocycles. The number of esters is 1. The van der Waals surface area contributed by atoms with Gasteiger partial charge >= 0.3 is 5.97 Å². The molecule has 1 unspecified atom stereocenters. The fourth-order valence-corrected chi connectivity index (χ4v) is 1.84. The summed E-state index contributed by atoms with van der Waals surface area (Å²) in [5, 5.41) is 0. The second-order valence-corrected chi connectivity index (χ2v) is 4.41. The summed E-state index contributed by atoms with van der Waals surface area (Å²) in [4.78, 5) is 16.1. The third kappa shape index (κ3) is 4.68. The average Bonchev–Trinajstić information content (AvgIpc) is 2.57. The zero-order valence-corrected chi connectivity index (χ0v) is 12.3. The van der Waals surface area contributed by atoms with Gasteiger partial charge in [-0.05, 0) is 29.8 Å². The minimum Gasteiger partial charge on any atom is -0.432 e. The second-order valence-electron chi connectivity index (χ2n) is 4.41. The number of allylic oxidation sites excluding steroid dienone is 2. The molecule has 0 fully saturated rings. The predicted molar refractivity (Wildman–Crippen MR) is 84.7 cm³/mol. The standard InChI is InChI=1S/C18H17NO3/c1-21-17(15-9-3-2-4-10-15)18(20)22-14-8-6-12-16-11-5-7-13-19-16/h2-14,17H,1H3/b12-6+,14-8+. The minimum atomic E-state index is -0.731. The topological polar surface area (TPSA) is 48.4 Å². The summed E-state index contributed by atoms with van der Waals surface area (Å²) in [6.45, 7) is 0. The Morgan fingerprint density at radius 1 is 1.09 bits per heavy atom. The van der Waals surface area contributed by atoms with Crippen LogP contribution in [-0.4, -0.2) is 18.1 Å². The molecular weight excluding hydrogens is 278 g/mol. The molecule has 0 aliphatic rings. The van der Waals surface area contributed by atoms with E-state index in [-0.39, 0.29) is 0 Å². The summed E-state index contributed by atoms with van der Waals surface area (Å²) < 4.78 is 10.3. The Morgan fingerprint density at radius 3 is 2.55 bits per heavy atom. The van der Waals surface area contributed by atoms with Crippen molar-refractivity contribution in [1.82, 2.24) is 4.98 Å². The van der Waals surface area contributed by atoms with Gasteiger partial charge in [0.15, 0.2) is 6.10 Å². The summed E-state index contributed by atoms with van der Waals surface area (Å²) in [5.41, 5.74) is 1.59. The highest BCUT2D eigenvalue weighted by molar-refractivity contribution is 5.77. The zero-order valence-electron chi connectivity index (χ0n) is 12.3. The summed E-state index contributed by atoms with van der Waals surface area (Å²) in [6, 6.07) is 14.8. The largest absolute Gasteiger partial charge is 0.432 e. The number of ether oxygens (including phenoxy) is 2. The van der Waals surface area contributed by atoms with Crippen molar-refractivity contribution in [2.45, 2.75) is 6.10 Å². The minimum absolute atomic E-state index is 0.462. The number of carbonyl (C=O) groups excluding carboxylic acids is 1. The molecule has 0 radical (unpaired) electrons. The van der Waals surface area contributed by atoms with Gasteiger partial charge in [0.05, 0.1) is 12.0 Å². The first kappa shape index (κ1) is 15.7. The van der Waals surface area contributed by atoms with Crippen LogP contribution in [0, 0.1) is 0 Å². The van der Waals surface area contributed by atoms with Crippen molar-refractivity contribution in [3.05, 3.63) is 84.4 Å². The van der Waals surface area contributed by atoms with E-state index in [1.807, 2.05) is 54.6 Å². The zero-order chi connectivity index (χ0) is 15.6. The van der Waals surface area contributed by atoms with Gasteiger partial charge in [0.2, 0.25) is 0 Å². The Hall–Kier alpha value is -2.72. The molecule has 1 heterocycles. The maximum atomic E-state index is 12.0. The van der Waals surface area contributed by atoms with Crippen LogP contribution < -0.4 is 0 Å².